The van der Waals surface area contributed by atoms with Crippen LogP contribution in [0.15, 0.2) is 60.7 Å². The predicted octanol–water partition coefficient (Wildman–Crippen LogP) is 4.76. The Morgan fingerprint density at radius 1 is 1.04 bits per heavy atom. The van der Waals surface area contributed by atoms with E-state index < -0.39 is 23.6 Å². The Labute approximate surface area is 154 Å². The molecule has 0 aliphatic carbocycles. The number of hydrogen-bond acceptors (Lipinski definition) is 3. The van der Waals surface area contributed by atoms with Crippen LogP contribution in [0.1, 0.15) is 27.9 Å². The van der Waals surface area contributed by atoms with Crippen molar-refractivity contribution < 1.29 is 27.5 Å². The molecule has 0 aliphatic heterocycles. The fourth-order valence-electron chi connectivity index (χ4n) is 2.20. The van der Waals surface area contributed by atoms with Gasteiger partial charge in [-0.15, -0.1) is 0 Å². The molecule has 4 nitrogen and oxygen atoms in total. The highest BCUT2D eigenvalue weighted by Gasteiger charge is 2.39. The van der Waals surface area contributed by atoms with Crippen molar-refractivity contribution in [3.05, 3.63) is 77.4 Å². The summed E-state index contributed by atoms with van der Waals surface area (Å²) in [5.41, 5.74) is 0.935. The van der Waals surface area contributed by atoms with Crippen LogP contribution in [-0.2, 0) is 11.3 Å². The van der Waals surface area contributed by atoms with E-state index in [0.717, 1.165) is 11.6 Å². The van der Waals surface area contributed by atoms with Gasteiger partial charge in [-0.05, 0) is 23.6 Å². The van der Waals surface area contributed by atoms with Crippen molar-refractivity contribution in [2.24, 2.45) is 0 Å². The van der Waals surface area contributed by atoms with Gasteiger partial charge in [-0.1, -0.05) is 60.7 Å². The first-order valence-electron chi connectivity index (χ1n) is 8.19. The standard InChI is InChI=1S/C20H18F3NO3/c21-20(22,23)18(25)17-11-6-10-15(13-17)7-4-5-12-24-19(26)27-14-16-8-2-1-3-9-16/h1-4,6-11,13H,5,12,14H2,(H,24,26). The molecule has 7 heteroatoms. The van der Waals surface area contributed by atoms with Crippen molar-refractivity contribution in [1.29, 1.82) is 0 Å². The molecule has 2 aromatic carbocycles. The summed E-state index contributed by atoms with van der Waals surface area (Å²) in [6, 6.07) is 14.5. The lowest BCUT2D eigenvalue weighted by Gasteiger charge is -2.06. The largest absolute Gasteiger partial charge is 0.454 e. The number of alkyl halides is 3. The van der Waals surface area contributed by atoms with Crippen LogP contribution in [0.3, 0.4) is 0 Å². The molecule has 0 atom stereocenters. The molecule has 1 N–H and O–H groups in total. The van der Waals surface area contributed by atoms with Gasteiger partial charge in [0.15, 0.2) is 0 Å². The minimum atomic E-state index is -4.90. The molecule has 0 saturated heterocycles. The number of carbonyl (C=O) groups is 2. The van der Waals surface area contributed by atoms with E-state index in [1.807, 2.05) is 30.3 Å². The Hall–Kier alpha value is -3.09. The van der Waals surface area contributed by atoms with Crippen molar-refractivity contribution in [3.8, 4) is 0 Å². The van der Waals surface area contributed by atoms with E-state index in [2.05, 4.69) is 5.32 Å². The number of ether oxygens (including phenoxy) is 1. The molecule has 27 heavy (non-hydrogen) atoms. The predicted molar refractivity (Wildman–Crippen MR) is 95.1 cm³/mol. The minimum absolute atomic E-state index is 0.169. The van der Waals surface area contributed by atoms with Gasteiger partial charge < -0.3 is 10.1 Å². The Morgan fingerprint density at radius 3 is 2.48 bits per heavy atom. The first kappa shape index (κ1) is 20.2. The quantitative estimate of drug-likeness (QED) is 0.559. The fraction of sp³-hybridized carbons (Fsp3) is 0.200. The van der Waals surface area contributed by atoms with Crippen LogP contribution in [0.2, 0.25) is 0 Å². The van der Waals surface area contributed by atoms with Crippen LogP contribution >= 0.6 is 0 Å². The Bertz CT molecular complexity index is 802. The van der Waals surface area contributed by atoms with Crippen molar-refractivity contribution in [1.82, 2.24) is 5.32 Å². The highest BCUT2D eigenvalue weighted by molar-refractivity contribution is 6.00. The lowest BCUT2D eigenvalue weighted by atomic mass is 10.1. The summed E-state index contributed by atoms with van der Waals surface area (Å²) in [6.45, 7) is 0.480. The molecule has 1 amide bonds. The van der Waals surface area contributed by atoms with E-state index in [-0.39, 0.29) is 6.61 Å². The van der Waals surface area contributed by atoms with Gasteiger partial charge >= 0.3 is 12.3 Å². The number of amides is 1. The third-order valence-corrected chi connectivity index (χ3v) is 3.51. The summed E-state index contributed by atoms with van der Waals surface area (Å²) in [5.74, 6) is -1.87. The van der Waals surface area contributed by atoms with Crippen LogP contribution in [0.5, 0.6) is 0 Å². The second kappa shape index (κ2) is 9.56. The van der Waals surface area contributed by atoms with E-state index in [0.29, 0.717) is 18.5 Å². The zero-order valence-electron chi connectivity index (χ0n) is 14.3. The highest BCUT2D eigenvalue weighted by Crippen LogP contribution is 2.22. The molecule has 0 heterocycles. The van der Waals surface area contributed by atoms with Gasteiger partial charge in [0.05, 0.1) is 0 Å². The van der Waals surface area contributed by atoms with Crippen LogP contribution in [0, 0.1) is 0 Å². The van der Waals surface area contributed by atoms with Crippen LogP contribution in [0.25, 0.3) is 6.08 Å². The smallest absolute Gasteiger partial charge is 0.445 e. The van der Waals surface area contributed by atoms with Gasteiger partial charge in [0.25, 0.3) is 5.78 Å². The fourth-order valence-corrected chi connectivity index (χ4v) is 2.20. The van der Waals surface area contributed by atoms with Crippen molar-refractivity contribution in [3.63, 3.8) is 0 Å². The summed E-state index contributed by atoms with van der Waals surface area (Å²) in [5, 5.41) is 2.57. The molecule has 0 unspecified atom stereocenters. The van der Waals surface area contributed by atoms with Gasteiger partial charge in [0, 0.05) is 12.1 Å². The number of nitrogens with one attached hydrogen (secondary N) is 1. The number of Topliss-reactive ketones (excluding diaryl/α,β-unsaturated/α-hetero) is 1. The summed E-state index contributed by atoms with van der Waals surface area (Å²) >= 11 is 0. The molecule has 2 aromatic rings. The summed E-state index contributed by atoms with van der Waals surface area (Å²) in [4.78, 5) is 22.8. The number of halogens is 3. The second-order valence-corrected chi connectivity index (χ2v) is 5.63. The third-order valence-electron chi connectivity index (χ3n) is 3.51. The molecule has 0 saturated carbocycles. The molecule has 0 fully saturated rings. The van der Waals surface area contributed by atoms with Gasteiger partial charge in [-0.2, -0.15) is 13.2 Å². The van der Waals surface area contributed by atoms with E-state index >= 15 is 0 Å². The Kier molecular flexibility index (Phi) is 7.16. The van der Waals surface area contributed by atoms with Gasteiger partial charge in [0.1, 0.15) is 6.61 Å². The van der Waals surface area contributed by atoms with E-state index in [4.69, 9.17) is 4.74 Å². The van der Waals surface area contributed by atoms with Gasteiger partial charge in [0.2, 0.25) is 0 Å². The lowest BCUT2D eigenvalue weighted by Crippen LogP contribution is -2.24. The third kappa shape index (κ3) is 6.97. The number of hydrogen-bond donors (Lipinski definition) is 1. The molecule has 142 valence electrons. The highest BCUT2D eigenvalue weighted by atomic mass is 19.4. The normalized spacial score (nSPS) is 11.4. The molecule has 0 aliphatic rings. The first-order valence-corrected chi connectivity index (χ1v) is 8.19. The maximum Gasteiger partial charge on any atom is 0.454 e. The van der Waals surface area contributed by atoms with Crippen LogP contribution in [0.4, 0.5) is 18.0 Å². The average molecular weight is 377 g/mol. The average Bonchev–Trinajstić information content (AvgIpc) is 2.66. The molecule has 0 bridgehead atoms. The van der Waals surface area contributed by atoms with Crippen molar-refractivity contribution >= 4 is 18.0 Å². The minimum Gasteiger partial charge on any atom is -0.445 e. The Balaban J connectivity index is 1.74. The van der Waals surface area contributed by atoms with Crippen LogP contribution in [-0.4, -0.2) is 24.6 Å². The summed E-state index contributed by atoms with van der Waals surface area (Å²) in [7, 11) is 0. The lowest BCUT2D eigenvalue weighted by molar-refractivity contribution is -0.0885. The second-order valence-electron chi connectivity index (χ2n) is 5.63. The molecule has 0 spiro atoms. The maximum atomic E-state index is 12.4. The summed E-state index contributed by atoms with van der Waals surface area (Å²) < 4.78 is 42.4. The SMILES string of the molecule is O=C(NCCC=Cc1cccc(C(=O)C(F)(F)F)c1)OCc1ccccc1. The van der Waals surface area contributed by atoms with Gasteiger partial charge in [-0.25, -0.2) is 4.79 Å². The number of benzene rings is 2. The molecule has 0 radical (unpaired) electrons. The van der Waals surface area contributed by atoms with Crippen LogP contribution < -0.4 is 5.32 Å². The van der Waals surface area contributed by atoms with Crippen molar-refractivity contribution in [2.45, 2.75) is 19.2 Å². The number of ketones is 1. The van der Waals surface area contributed by atoms with E-state index in [1.165, 1.54) is 12.1 Å². The zero-order valence-corrected chi connectivity index (χ0v) is 14.3. The number of rotatable bonds is 7. The molecule has 2 rings (SSSR count). The molecule has 0 aromatic heterocycles. The summed E-state index contributed by atoms with van der Waals surface area (Å²) in [6.07, 6.45) is -1.71. The zero-order chi connectivity index (χ0) is 19.7. The Morgan fingerprint density at radius 2 is 1.78 bits per heavy atom. The van der Waals surface area contributed by atoms with Crippen molar-refractivity contribution in [2.75, 3.05) is 6.54 Å². The molecular formula is C20H18F3NO3. The van der Waals surface area contributed by atoms with E-state index in [1.54, 1.807) is 18.2 Å². The number of alkyl carbamates (subject to hydrolysis) is 1. The maximum absolute atomic E-state index is 12.4. The topological polar surface area (TPSA) is 55.4 Å². The van der Waals surface area contributed by atoms with E-state index in [9.17, 15) is 22.8 Å². The number of carbonyl (C=O) groups excluding carboxylic acids is 2. The van der Waals surface area contributed by atoms with Gasteiger partial charge in [-0.3, -0.25) is 4.79 Å². The molecular weight excluding hydrogens is 359 g/mol. The monoisotopic (exact) mass is 377 g/mol. The first-order chi connectivity index (χ1) is 12.9.